The zero-order chi connectivity index (χ0) is 14.5. The van der Waals surface area contributed by atoms with Gasteiger partial charge in [0, 0.05) is 11.7 Å². The van der Waals surface area contributed by atoms with E-state index in [1.165, 1.54) is 0 Å². The number of nitrogens with one attached hydrogen (secondary N) is 1. The van der Waals surface area contributed by atoms with Crippen LogP contribution >= 0.6 is 0 Å². The fourth-order valence-electron chi connectivity index (χ4n) is 2.00. The van der Waals surface area contributed by atoms with Crippen LogP contribution in [0.25, 0.3) is 11.1 Å². The molecule has 0 heterocycles. The van der Waals surface area contributed by atoms with Crippen LogP contribution in [0.2, 0.25) is 0 Å². The molecule has 104 valence electrons. The summed E-state index contributed by atoms with van der Waals surface area (Å²) in [6.45, 7) is 4.24. The first kappa shape index (κ1) is 13.9. The largest absolute Gasteiger partial charge is 0.383 e. The second kappa shape index (κ2) is 6.10. The van der Waals surface area contributed by atoms with E-state index in [4.69, 9.17) is 11.5 Å². The summed E-state index contributed by atoms with van der Waals surface area (Å²) in [5, 5.41) is 3.40. The second-order valence-corrected chi connectivity index (χ2v) is 4.96. The van der Waals surface area contributed by atoms with Crippen LogP contribution in [-0.4, -0.2) is 12.0 Å². The Kier molecular flexibility index (Phi) is 4.25. The topological polar surface area (TPSA) is 76.4 Å². The molecule has 2 aromatic rings. The van der Waals surface area contributed by atoms with Gasteiger partial charge in [-0.05, 0) is 49.2 Å². The highest BCUT2D eigenvalue weighted by molar-refractivity contribution is 5.79. The molecule has 2 aromatic carbocycles. The average Bonchev–Trinajstić information content (AvgIpc) is 2.38. The first-order valence-corrected chi connectivity index (χ1v) is 6.61. The molecular weight excluding hydrogens is 248 g/mol. The number of anilines is 1. The summed E-state index contributed by atoms with van der Waals surface area (Å²) >= 11 is 0. The molecule has 0 aromatic heterocycles. The Bertz CT molecular complexity index is 596. The van der Waals surface area contributed by atoms with Crippen molar-refractivity contribution in [3.05, 3.63) is 48.5 Å². The maximum absolute atomic E-state index is 5.36. The summed E-state index contributed by atoms with van der Waals surface area (Å²) in [5.41, 5.74) is 14.9. The van der Waals surface area contributed by atoms with E-state index in [0.29, 0.717) is 6.04 Å². The van der Waals surface area contributed by atoms with Crippen LogP contribution in [0.15, 0.2) is 53.5 Å². The summed E-state index contributed by atoms with van der Waals surface area (Å²) in [6.07, 6.45) is 0. The first-order valence-electron chi connectivity index (χ1n) is 6.61. The van der Waals surface area contributed by atoms with E-state index >= 15 is 0 Å². The molecule has 0 unspecified atom stereocenters. The summed E-state index contributed by atoms with van der Waals surface area (Å²) in [5.74, 6) is 0.0703. The summed E-state index contributed by atoms with van der Waals surface area (Å²) in [6, 6.07) is 16.6. The summed E-state index contributed by atoms with van der Waals surface area (Å²) < 4.78 is 0. The van der Waals surface area contributed by atoms with Gasteiger partial charge < -0.3 is 16.8 Å². The number of nitrogens with zero attached hydrogens (tertiary/aromatic N) is 1. The van der Waals surface area contributed by atoms with Gasteiger partial charge in [0.1, 0.15) is 0 Å². The van der Waals surface area contributed by atoms with E-state index in [-0.39, 0.29) is 5.96 Å². The van der Waals surface area contributed by atoms with Crippen molar-refractivity contribution in [2.45, 2.75) is 19.9 Å². The van der Waals surface area contributed by atoms with Gasteiger partial charge in [-0.2, -0.15) is 0 Å². The molecule has 0 aliphatic carbocycles. The third-order valence-corrected chi connectivity index (χ3v) is 2.78. The molecule has 5 N–H and O–H groups in total. The van der Waals surface area contributed by atoms with Gasteiger partial charge in [0.05, 0.1) is 5.69 Å². The number of rotatable bonds is 4. The fourth-order valence-corrected chi connectivity index (χ4v) is 2.00. The molecule has 0 spiro atoms. The van der Waals surface area contributed by atoms with Crippen molar-refractivity contribution in [3.63, 3.8) is 0 Å². The molecule has 2 rings (SSSR count). The van der Waals surface area contributed by atoms with Crippen LogP contribution in [0.3, 0.4) is 0 Å². The van der Waals surface area contributed by atoms with E-state index < -0.39 is 0 Å². The number of nitrogens with two attached hydrogens (primary N) is 2. The quantitative estimate of drug-likeness (QED) is 0.589. The Morgan fingerprint density at radius 3 is 2.30 bits per heavy atom. The molecule has 0 aliphatic rings. The average molecular weight is 268 g/mol. The Morgan fingerprint density at radius 2 is 1.70 bits per heavy atom. The van der Waals surface area contributed by atoms with Gasteiger partial charge in [-0.15, -0.1) is 0 Å². The lowest BCUT2D eigenvalue weighted by molar-refractivity contribution is 0.900. The minimum atomic E-state index is 0.0703. The van der Waals surface area contributed by atoms with Crippen molar-refractivity contribution in [2.24, 2.45) is 16.5 Å². The van der Waals surface area contributed by atoms with Gasteiger partial charge in [0.25, 0.3) is 0 Å². The maximum Gasteiger partial charge on any atom is 0.191 e. The van der Waals surface area contributed by atoms with Crippen LogP contribution in [-0.2, 0) is 0 Å². The van der Waals surface area contributed by atoms with Crippen molar-refractivity contribution in [1.29, 1.82) is 0 Å². The van der Waals surface area contributed by atoms with Crippen LogP contribution in [0.4, 0.5) is 11.4 Å². The van der Waals surface area contributed by atoms with Gasteiger partial charge >= 0.3 is 0 Å². The molecule has 0 aliphatic heterocycles. The van der Waals surface area contributed by atoms with E-state index in [1.807, 2.05) is 30.3 Å². The molecule has 0 bridgehead atoms. The third-order valence-electron chi connectivity index (χ3n) is 2.78. The lowest BCUT2D eigenvalue weighted by Gasteiger charge is -2.11. The Hall–Kier alpha value is -2.49. The normalized spacial score (nSPS) is 10.3. The number of benzene rings is 2. The highest BCUT2D eigenvalue weighted by Gasteiger charge is 2.01. The monoisotopic (exact) mass is 268 g/mol. The smallest absolute Gasteiger partial charge is 0.191 e. The van der Waals surface area contributed by atoms with E-state index in [1.54, 1.807) is 0 Å². The minimum absolute atomic E-state index is 0.0703. The number of guanidine groups is 1. The van der Waals surface area contributed by atoms with Gasteiger partial charge in [0.15, 0.2) is 5.96 Å². The van der Waals surface area contributed by atoms with E-state index in [9.17, 15) is 0 Å². The summed E-state index contributed by atoms with van der Waals surface area (Å²) in [4.78, 5) is 4.01. The number of hydrogen-bond donors (Lipinski definition) is 3. The second-order valence-electron chi connectivity index (χ2n) is 4.96. The molecule has 20 heavy (non-hydrogen) atoms. The lowest BCUT2D eigenvalue weighted by Crippen LogP contribution is -2.21. The molecule has 0 saturated carbocycles. The Balaban J connectivity index is 2.25. The van der Waals surface area contributed by atoms with Crippen LogP contribution in [0, 0.1) is 0 Å². The Labute approximate surface area is 119 Å². The van der Waals surface area contributed by atoms with Crippen LogP contribution in [0.5, 0.6) is 0 Å². The minimum Gasteiger partial charge on any atom is -0.383 e. The van der Waals surface area contributed by atoms with Crippen molar-refractivity contribution in [3.8, 4) is 11.1 Å². The zero-order valence-electron chi connectivity index (χ0n) is 11.8. The molecular formula is C16H20N4. The van der Waals surface area contributed by atoms with Crippen molar-refractivity contribution < 1.29 is 0 Å². The predicted molar refractivity (Wildman–Crippen MR) is 86.1 cm³/mol. The van der Waals surface area contributed by atoms with E-state index in [0.717, 1.165) is 22.5 Å². The number of hydrogen-bond acceptors (Lipinski definition) is 2. The number of aliphatic imine (C=N–C) groups is 1. The predicted octanol–water partition coefficient (Wildman–Crippen LogP) is 3.08. The van der Waals surface area contributed by atoms with Gasteiger partial charge in [-0.1, -0.05) is 24.3 Å². The van der Waals surface area contributed by atoms with Gasteiger partial charge in [-0.25, -0.2) is 4.99 Å². The highest BCUT2D eigenvalue weighted by atomic mass is 15.0. The summed E-state index contributed by atoms with van der Waals surface area (Å²) in [7, 11) is 0. The van der Waals surface area contributed by atoms with E-state index in [2.05, 4.69) is 42.4 Å². The van der Waals surface area contributed by atoms with Crippen LogP contribution in [0.1, 0.15) is 13.8 Å². The maximum atomic E-state index is 5.36. The highest BCUT2D eigenvalue weighted by Crippen LogP contribution is 2.25. The molecule has 0 atom stereocenters. The standard InChI is InChI=1S/C16H20N4/c1-11(2)19-15-5-3-4-13(10-15)12-6-8-14(9-7-12)20-16(17)18/h3-11,19H,1-2H3,(H4,17,18,20). The molecule has 4 heteroatoms. The molecule has 0 radical (unpaired) electrons. The molecule has 0 fully saturated rings. The molecule has 4 nitrogen and oxygen atoms in total. The lowest BCUT2D eigenvalue weighted by atomic mass is 10.0. The molecule has 0 saturated heterocycles. The fraction of sp³-hybridized carbons (Fsp3) is 0.188. The van der Waals surface area contributed by atoms with Gasteiger partial charge in [0.2, 0.25) is 0 Å². The van der Waals surface area contributed by atoms with Crippen LogP contribution < -0.4 is 16.8 Å². The van der Waals surface area contributed by atoms with Gasteiger partial charge in [-0.3, -0.25) is 0 Å². The third kappa shape index (κ3) is 3.75. The van der Waals surface area contributed by atoms with Crippen molar-refractivity contribution in [1.82, 2.24) is 0 Å². The first-order chi connectivity index (χ1) is 9.54. The Morgan fingerprint density at radius 1 is 1.00 bits per heavy atom. The van der Waals surface area contributed by atoms with Crippen molar-refractivity contribution in [2.75, 3.05) is 5.32 Å². The molecule has 0 amide bonds. The van der Waals surface area contributed by atoms with Crippen molar-refractivity contribution >= 4 is 17.3 Å². The zero-order valence-corrected chi connectivity index (χ0v) is 11.8. The SMILES string of the molecule is CC(C)Nc1cccc(-c2ccc(N=C(N)N)cc2)c1.